The van der Waals surface area contributed by atoms with Crippen molar-refractivity contribution < 1.29 is 4.79 Å². The molecule has 1 aliphatic rings. The molecule has 1 fully saturated rings. The van der Waals surface area contributed by atoms with Crippen molar-refractivity contribution in [2.75, 3.05) is 6.54 Å². The molecule has 0 spiro atoms. The summed E-state index contributed by atoms with van der Waals surface area (Å²) < 4.78 is 0. The Hall–Kier alpha value is -0.670. The highest BCUT2D eigenvalue weighted by Crippen LogP contribution is 2.33. The van der Waals surface area contributed by atoms with Crippen molar-refractivity contribution in [3.05, 3.63) is 22.4 Å². The van der Waals surface area contributed by atoms with E-state index in [0.29, 0.717) is 6.04 Å². The molecule has 1 aromatic rings. The summed E-state index contributed by atoms with van der Waals surface area (Å²) >= 11 is 1.75. The third kappa shape index (κ3) is 3.66. The van der Waals surface area contributed by atoms with Crippen LogP contribution in [0.1, 0.15) is 45.1 Å². The molecular weight excluding hydrogens is 242 g/mol. The van der Waals surface area contributed by atoms with Gasteiger partial charge in [0.2, 0.25) is 0 Å². The molecule has 0 saturated heterocycles. The smallest absolute Gasteiger partial charge is 0.127 e. The van der Waals surface area contributed by atoms with E-state index in [2.05, 4.69) is 35.6 Å². The van der Waals surface area contributed by atoms with Gasteiger partial charge in [0.15, 0.2) is 0 Å². The summed E-state index contributed by atoms with van der Waals surface area (Å²) in [4.78, 5) is 13.9. The molecule has 1 aliphatic carbocycles. The van der Waals surface area contributed by atoms with Crippen LogP contribution < -0.4 is 0 Å². The van der Waals surface area contributed by atoms with Gasteiger partial charge in [-0.15, -0.1) is 0 Å². The zero-order valence-electron chi connectivity index (χ0n) is 11.4. The molecule has 1 heterocycles. The minimum atomic E-state index is -0.173. The van der Waals surface area contributed by atoms with Crippen molar-refractivity contribution in [2.24, 2.45) is 5.41 Å². The lowest BCUT2D eigenvalue weighted by molar-refractivity contribution is -0.117. The summed E-state index contributed by atoms with van der Waals surface area (Å²) in [6.45, 7) is 6.17. The fourth-order valence-electron chi connectivity index (χ4n) is 2.58. The van der Waals surface area contributed by atoms with Gasteiger partial charge in [0.25, 0.3) is 0 Å². The molecular formula is C15H23NOS. The normalized spacial score (nSPS) is 18.8. The van der Waals surface area contributed by atoms with E-state index in [1.807, 2.05) is 0 Å². The van der Waals surface area contributed by atoms with Crippen LogP contribution in [-0.4, -0.2) is 23.8 Å². The molecule has 0 aliphatic heterocycles. The maximum absolute atomic E-state index is 11.4. The van der Waals surface area contributed by atoms with E-state index >= 15 is 0 Å². The number of carbonyl (C=O) groups excluding carboxylic acids is 1. The van der Waals surface area contributed by atoms with Gasteiger partial charge < -0.3 is 4.79 Å². The predicted octanol–water partition coefficient (Wildman–Crippen LogP) is 3.72. The minimum Gasteiger partial charge on any atom is -0.303 e. The van der Waals surface area contributed by atoms with Gasteiger partial charge >= 0.3 is 0 Å². The first-order valence-electron chi connectivity index (χ1n) is 6.88. The average Bonchev–Trinajstić information content (AvgIpc) is 3.08. The molecule has 100 valence electrons. The average molecular weight is 265 g/mol. The number of rotatable bonds is 8. The Morgan fingerprint density at radius 3 is 2.83 bits per heavy atom. The van der Waals surface area contributed by atoms with Gasteiger partial charge in [0.1, 0.15) is 6.29 Å². The second-order valence-electron chi connectivity index (χ2n) is 5.79. The summed E-state index contributed by atoms with van der Waals surface area (Å²) in [6.07, 6.45) is 5.82. The van der Waals surface area contributed by atoms with Gasteiger partial charge in [0, 0.05) is 24.5 Å². The monoisotopic (exact) mass is 265 g/mol. The Bertz CT molecular complexity index is 372. The Balaban J connectivity index is 1.99. The zero-order valence-corrected chi connectivity index (χ0v) is 12.2. The van der Waals surface area contributed by atoms with Crippen LogP contribution in [0, 0.1) is 5.41 Å². The van der Waals surface area contributed by atoms with Crippen molar-refractivity contribution >= 4 is 17.6 Å². The van der Waals surface area contributed by atoms with Crippen molar-refractivity contribution in [3.8, 4) is 0 Å². The number of aldehydes is 1. The van der Waals surface area contributed by atoms with E-state index in [1.54, 1.807) is 11.3 Å². The Kier molecular flexibility index (Phi) is 4.57. The molecule has 1 saturated carbocycles. The van der Waals surface area contributed by atoms with Crippen LogP contribution in [0.15, 0.2) is 16.8 Å². The second-order valence-corrected chi connectivity index (χ2v) is 6.57. The first-order valence-corrected chi connectivity index (χ1v) is 7.82. The van der Waals surface area contributed by atoms with Crippen LogP contribution in [-0.2, 0) is 11.3 Å². The molecule has 2 rings (SSSR count). The van der Waals surface area contributed by atoms with Crippen LogP contribution in [0.3, 0.4) is 0 Å². The highest BCUT2D eigenvalue weighted by Gasteiger charge is 2.34. The van der Waals surface area contributed by atoms with Crippen LogP contribution in [0.2, 0.25) is 0 Å². The van der Waals surface area contributed by atoms with Gasteiger partial charge in [0.05, 0.1) is 0 Å². The molecule has 1 aromatic heterocycles. The van der Waals surface area contributed by atoms with E-state index in [1.165, 1.54) is 24.7 Å². The molecule has 0 amide bonds. The van der Waals surface area contributed by atoms with E-state index < -0.39 is 0 Å². The first kappa shape index (κ1) is 13.8. The number of carbonyl (C=O) groups is 1. The van der Waals surface area contributed by atoms with Gasteiger partial charge in [-0.25, -0.2) is 0 Å². The topological polar surface area (TPSA) is 20.3 Å². The quantitative estimate of drug-likeness (QED) is 0.668. The largest absolute Gasteiger partial charge is 0.303 e. The fourth-order valence-corrected chi connectivity index (χ4v) is 3.24. The first-order chi connectivity index (χ1) is 8.67. The van der Waals surface area contributed by atoms with Gasteiger partial charge in [-0.05, 0) is 41.7 Å². The highest BCUT2D eigenvalue weighted by atomic mass is 32.1. The van der Waals surface area contributed by atoms with Crippen LogP contribution in [0.25, 0.3) is 0 Å². The summed E-state index contributed by atoms with van der Waals surface area (Å²) in [6, 6.07) is 2.90. The molecule has 1 atom stereocenters. The SMILES string of the molecule is CCCC(C)(C=O)CN(Cc1ccsc1)C1CC1. The molecule has 0 N–H and O–H groups in total. The van der Waals surface area contributed by atoms with Crippen molar-refractivity contribution in [1.82, 2.24) is 4.90 Å². The fraction of sp³-hybridized carbons (Fsp3) is 0.667. The van der Waals surface area contributed by atoms with Gasteiger partial charge in [-0.1, -0.05) is 20.3 Å². The van der Waals surface area contributed by atoms with E-state index in [0.717, 1.165) is 25.9 Å². The molecule has 3 heteroatoms. The van der Waals surface area contributed by atoms with Crippen molar-refractivity contribution in [2.45, 2.75) is 52.1 Å². The maximum Gasteiger partial charge on any atom is 0.127 e. The molecule has 2 nitrogen and oxygen atoms in total. The highest BCUT2D eigenvalue weighted by molar-refractivity contribution is 7.07. The molecule has 18 heavy (non-hydrogen) atoms. The van der Waals surface area contributed by atoms with E-state index in [-0.39, 0.29) is 5.41 Å². The lowest BCUT2D eigenvalue weighted by Crippen LogP contribution is -2.38. The predicted molar refractivity (Wildman–Crippen MR) is 76.8 cm³/mol. The summed E-state index contributed by atoms with van der Waals surface area (Å²) in [5.74, 6) is 0. The van der Waals surface area contributed by atoms with Crippen LogP contribution in [0.4, 0.5) is 0 Å². The Morgan fingerprint density at radius 2 is 2.33 bits per heavy atom. The van der Waals surface area contributed by atoms with E-state index in [9.17, 15) is 4.79 Å². The lowest BCUT2D eigenvalue weighted by atomic mass is 9.86. The second kappa shape index (κ2) is 5.98. The number of hydrogen-bond donors (Lipinski definition) is 0. The molecule has 1 unspecified atom stereocenters. The van der Waals surface area contributed by atoms with Crippen LogP contribution >= 0.6 is 11.3 Å². The Morgan fingerprint density at radius 1 is 1.56 bits per heavy atom. The minimum absolute atomic E-state index is 0.173. The molecule has 0 aromatic carbocycles. The molecule has 0 radical (unpaired) electrons. The number of hydrogen-bond acceptors (Lipinski definition) is 3. The number of thiophene rings is 1. The number of nitrogens with zero attached hydrogens (tertiary/aromatic N) is 1. The van der Waals surface area contributed by atoms with Crippen LogP contribution in [0.5, 0.6) is 0 Å². The lowest BCUT2D eigenvalue weighted by Gasteiger charge is -2.31. The third-order valence-electron chi connectivity index (χ3n) is 3.70. The summed E-state index contributed by atoms with van der Waals surface area (Å²) in [7, 11) is 0. The maximum atomic E-state index is 11.4. The third-order valence-corrected chi connectivity index (χ3v) is 4.43. The van der Waals surface area contributed by atoms with E-state index in [4.69, 9.17) is 0 Å². The standard InChI is InChI=1S/C15H23NOS/c1-3-7-15(2,12-17)11-16(14-4-5-14)9-13-6-8-18-10-13/h6,8,10,12,14H,3-5,7,9,11H2,1-2H3. The molecule has 0 bridgehead atoms. The van der Waals surface area contributed by atoms with Crippen molar-refractivity contribution in [3.63, 3.8) is 0 Å². The van der Waals surface area contributed by atoms with Crippen molar-refractivity contribution in [1.29, 1.82) is 0 Å². The van der Waals surface area contributed by atoms with Gasteiger partial charge in [-0.2, -0.15) is 11.3 Å². The summed E-state index contributed by atoms with van der Waals surface area (Å²) in [5.41, 5.74) is 1.21. The van der Waals surface area contributed by atoms with Gasteiger partial charge in [-0.3, -0.25) is 4.90 Å². The summed E-state index contributed by atoms with van der Waals surface area (Å²) in [5, 5.41) is 4.35. The zero-order chi connectivity index (χ0) is 13.0. The Labute approximate surface area is 114 Å².